The molecule has 0 spiro atoms. The summed E-state index contributed by atoms with van der Waals surface area (Å²) in [5, 5.41) is 11.6. The number of carbonyl (C=O) groups is 1. The predicted molar refractivity (Wildman–Crippen MR) is 128 cm³/mol. The Bertz CT molecular complexity index is 1320. The van der Waals surface area contributed by atoms with Gasteiger partial charge < -0.3 is 20.9 Å². The number of anilines is 1. The maximum Gasteiger partial charge on any atom is 0.416 e. The number of nitrogens with one attached hydrogen (secondary N) is 1. The number of amides is 1. The van der Waals surface area contributed by atoms with Crippen LogP contribution in [0.4, 0.5) is 27.6 Å². The summed E-state index contributed by atoms with van der Waals surface area (Å²) in [5.74, 6) is -2.34. The van der Waals surface area contributed by atoms with Crippen molar-refractivity contribution >= 4 is 11.6 Å². The number of aryl methyl sites for hydroxylation is 1. The lowest BCUT2D eigenvalue weighted by Crippen LogP contribution is -2.18. The van der Waals surface area contributed by atoms with Gasteiger partial charge in [-0.25, -0.2) is 8.78 Å². The van der Waals surface area contributed by atoms with Crippen molar-refractivity contribution in [2.45, 2.75) is 44.3 Å². The van der Waals surface area contributed by atoms with Crippen molar-refractivity contribution in [1.29, 1.82) is 0 Å². The van der Waals surface area contributed by atoms with Crippen LogP contribution in [0.3, 0.4) is 0 Å². The molecule has 196 valence electrons. The SMILES string of the molecule is Cc1cc(F)ccc1Oc1cc(C2CC2)c(C(F)(F)F)cc1C(=O)Nc1ccc(F)c(C(N)CCO)c1. The summed E-state index contributed by atoms with van der Waals surface area (Å²) in [5.41, 5.74) is 5.10. The van der Waals surface area contributed by atoms with Gasteiger partial charge in [0.15, 0.2) is 0 Å². The number of nitrogens with two attached hydrogens (primary N) is 1. The summed E-state index contributed by atoms with van der Waals surface area (Å²) in [6.45, 7) is 1.29. The summed E-state index contributed by atoms with van der Waals surface area (Å²) in [7, 11) is 0. The van der Waals surface area contributed by atoms with E-state index in [4.69, 9.17) is 15.6 Å². The molecule has 1 fully saturated rings. The molecule has 3 aromatic carbocycles. The molecule has 5 nitrogen and oxygen atoms in total. The number of aliphatic hydroxyl groups is 1. The van der Waals surface area contributed by atoms with Gasteiger partial charge in [0.05, 0.1) is 11.1 Å². The van der Waals surface area contributed by atoms with Gasteiger partial charge in [0.25, 0.3) is 5.91 Å². The highest BCUT2D eigenvalue weighted by atomic mass is 19.4. The molecule has 4 N–H and O–H groups in total. The van der Waals surface area contributed by atoms with Crippen LogP contribution in [0.15, 0.2) is 48.5 Å². The number of carbonyl (C=O) groups excluding carboxylic acids is 1. The molecular formula is C27H25F5N2O3. The van der Waals surface area contributed by atoms with Crippen LogP contribution in [0.25, 0.3) is 0 Å². The summed E-state index contributed by atoms with van der Waals surface area (Å²) < 4.78 is 75.5. The molecular weight excluding hydrogens is 495 g/mol. The highest BCUT2D eigenvalue weighted by Gasteiger charge is 2.40. The molecule has 1 aliphatic rings. The van der Waals surface area contributed by atoms with E-state index in [1.54, 1.807) is 6.92 Å². The van der Waals surface area contributed by atoms with E-state index in [1.807, 2.05) is 0 Å². The van der Waals surface area contributed by atoms with Crippen LogP contribution < -0.4 is 15.8 Å². The van der Waals surface area contributed by atoms with Gasteiger partial charge >= 0.3 is 6.18 Å². The van der Waals surface area contributed by atoms with E-state index in [9.17, 15) is 26.7 Å². The lowest BCUT2D eigenvalue weighted by Gasteiger charge is -2.19. The van der Waals surface area contributed by atoms with Gasteiger partial charge in [-0.2, -0.15) is 13.2 Å². The number of benzene rings is 3. The average molecular weight is 520 g/mol. The molecule has 0 radical (unpaired) electrons. The molecule has 10 heteroatoms. The third kappa shape index (κ3) is 6.08. The van der Waals surface area contributed by atoms with Crippen LogP contribution in [-0.4, -0.2) is 17.6 Å². The zero-order valence-corrected chi connectivity index (χ0v) is 19.8. The fraction of sp³-hybridized carbons (Fsp3) is 0.296. The minimum Gasteiger partial charge on any atom is -0.456 e. The zero-order chi connectivity index (χ0) is 26.9. The Hall–Kier alpha value is -3.50. The fourth-order valence-electron chi connectivity index (χ4n) is 4.08. The third-order valence-electron chi connectivity index (χ3n) is 6.17. The maximum atomic E-state index is 14.2. The van der Waals surface area contributed by atoms with Crippen LogP contribution in [0.2, 0.25) is 0 Å². The molecule has 1 amide bonds. The van der Waals surface area contributed by atoms with Crippen LogP contribution in [0.5, 0.6) is 11.5 Å². The predicted octanol–water partition coefficient (Wildman–Crippen LogP) is 6.60. The van der Waals surface area contributed by atoms with Gasteiger partial charge in [-0.15, -0.1) is 0 Å². The molecule has 37 heavy (non-hydrogen) atoms. The van der Waals surface area contributed by atoms with Gasteiger partial charge in [-0.1, -0.05) is 0 Å². The number of hydrogen-bond acceptors (Lipinski definition) is 4. The Morgan fingerprint density at radius 3 is 2.46 bits per heavy atom. The highest BCUT2D eigenvalue weighted by molar-refractivity contribution is 6.06. The van der Waals surface area contributed by atoms with Crippen molar-refractivity contribution in [2.24, 2.45) is 5.73 Å². The second-order valence-electron chi connectivity index (χ2n) is 9.03. The van der Waals surface area contributed by atoms with E-state index in [-0.39, 0.29) is 47.3 Å². The van der Waals surface area contributed by atoms with Crippen molar-refractivity contribution in [3.05, 3.63) is 88.0 Å². The molecule has 0 heterocycles. The summed E-state index contributed by atoms with van der Waals surface area (Å²) in [6.07, 6.45) is -3.48. The number of hydrogen-bond donors (Lipinski definition) is 3. The average Bonchev–Trinajstić information content (AvgIpc) is 3.66. The molecule has 1 aliphatic carbocycles. The van der Waals surface area contributed by atoms with Crippen LogP contribution in [0.1, 0.15) is 63.8 Å². The number of aliphatic hydroxyl groups excluding tert-OH is 1. The van der Waals surface area contributed by atoms with Crippen LogP contribution in [0, 0.1) is 18.6 Å². The van der Waals surface area contributed by atoms with E-state index in [2.05, 4.69) is 5.32 Å². The number of alkyl halides is 3. The number of halogens is 5. The monoisotopic (exact) mass is 520 g/mol. The van der Waals surface area contributed by atoms with Crippen molar-refractivity contribution in [3.63, 3.8) is 0 Å². The van der Waals surface area contributed by atoms with E-state index in [0.29, 0.717) is 18.4 Å². The highest BCUT2D eigenvalue weighted by Crippen LogP contribution is 2.48. The molecule has 0 bridgehead atoms. The normalized spacial score (nSPS) is 14.4. The topological polar surface area (TPSA) is 84.6 Å². The molecule has 1 saturated carbocycles. The first kappa shape index (κ1) is 26.6. The number of rotatable bonds is 8. The molecule has 3 aromatic rings. The third-order valence-corrected chi connectivity index (χ3v) is 6.17. The summed E-state index contributed by atoms with van der Waals surface area (Å²) in [6, 6.07) is 8.37. The zero-order valence-electron chi connectivity index (χ0n) is 19.8. The minimum absolute atomic E-state index is 0.0258. The van der Waals surface area contributed by atoms with Gasteiger partial charge in [-0.3, -0.25) is 4.79 Å². The Labute approximate surface area is 210 Å². The Morgan fingerprint density at radius 1 is 1.11 bits per heavy atom. The van der Waals surface area contributed by atoms with Gasteiger partial charge in [0, 0.05) is 23.9 Å². The Morgan fingerprint density at radius 2 is 1.84 bits per heavy atom. The molecule has 0 aliphatic heterocycles. The summed E-state index contributed by atoms with van der Waals surface area (Å²) >= 11 is 0. The molecule has 1 atom stereocenters. The van der Waals surface area contributed by atoms with Crippen LogP contribution in [-0.2, 0) is 6.18 Å². The van der Waals surface area contributed by atoms with E-state index in [0.717, 1.165) is 18.2 Å². The lowest BCUT2D eigenvalue weighted by atomic mass is 9.98. The quantitative estimate of drug-likeness (QED) is 0.293. The Kier molecular flexibility index (Phi) is 7.52. The van der Waals surface area contributed by atoms with Crippen molar-refractivity contribution in [1.82, 2.24) is 0 Å². The first-order chi connectivity index (χ1) is 17.5. The van der Waals surface area contributed by atoms with E-state index >= 15 is 0 Å². The van der Waals surface area contributed by atoms with Crippen LogP contribution >= 0.6 is 0 Å². The van der Waals surface area contributed by atoms with Gasteiger partial charge in [-0.05, 0) is 91.8 Å². The fourth-order valence-corrected chi connectivity index (χ4v) is 4.08. The van der Waals surface area contributed by atoms with Gasteiger partial charge in [0.1, 0.15) is 23.1 Å². The molecule has 4 rings (SSSR count). The Balaban J connectivity index is 1.76. The molecule has 1 unspecified atom stereocenters. The van der Waals surface area contributed by atoms with Crippen molar-refractivity contribution < 1.29 is 36.6 Å². The first-order valence-corrected chi connectivity index (χ1v) is 11.6. The van der Waals surface area contributed by atoms with Gasteiger partial charge in [0.2, 0.25) is 0 Å². The smallest absolute Gasteiger partial charge is 0.416 e. The maximum absolute atomic E-state index is 14.2. The van der Waals surface area contributed by atoms with Crippen molar-refractivity contribution in [2.75, 3.05) is 11.9 Å². The lowest BCUT2D eigenvalue weighted by molar-refractivity contribution is -0.138. The largest absolute Gasteiger partial charge is 0.456 e. The van der Waals surface area contributed by atoms with E-state index in [1.165, 1.54) is 30.3 Å². The van der Waals surface area contributed by atoms with E-state index < -0.39 is 40.9 Å². The summed E-state index contributed by atoms with van der Waals surface area (Å²) in [4.78, 5) is 13.2. The van der Waals surface area contributed by atoms with Crippen molar-refractivity contribution in [3.8, 4) is 11.5 Å². The minimum atomic E-state index is -4.71. The second-order valence-corrected chi connectivity index (χ2v) is 9.03. The molecule has 0 saturated heterocycles. The second kappa shape index (κ2) is 10.5. The first-order valence-electron chi connectivity index (χ1n) is 11.6. The molecule has 0 aromatic heterocycles. The standard InChI is InChI=1S/C27H25F5N2O3/c1-14-10-16(28)4-7-24(14)37-25-13-18(15-2-3-15)21(27(30,31)32)12-20(25)26(36)34-17-5-6-22(29)19(11-17)23(33)8-9-35/h4-7,10-13,15,23,35H,2-3,8-9,33H2,1H3,(H,34,36). The number of ether oxygens (including phenoxy) is 1.